The van der Waals surface area contributed by atoms with Crippen LogP contribution in [0, 0.1) is 6.07 Å². The fraction of sp³-hybridized carbons (Fsp3) is 0.214. The molecule has 0 N–H and O–H groups in total. The molecule has 0 spiro atoms. The lowest BCUT2D eigenvalue weighted by Crippen LogP contribution is -2.04. The van der Waals surface area contributed by atoms with Crippen LogP contribution in [-0.4, -0.2) is 25.3 Å². The number of hydrogen-bond acceptors (Lipinski definition) is 3. The lowest BCUT2D eigenvalue weighted by molar-refractivity contribution is 0.146. The van der Waals surface area contributed by atoms with E-state index >= 15 is 0 Å². The van der Waals surface area contributed by atoms with Crippen LogP contribution < -0.4 is 4.74 Å². The zero-order valence-electron chi connectivity index (χ0n) is 9.72. The SMILES string of the molecule is COCCOc1ccccc1-c1[c]cncc1. The lowest BCUT2D eigenvalue weighted by Gasteiger charge is -2.10. The Hall–Kier alpha value is -1.87. The van der Waals surface area contributed by atoms with E-state index in [4.69, 9.17) is 9.47 Å². The molecule has 1 heterocycles. The molecule has 17 heavy (non-hydrogen) atoms. The topological polar surface area (TPSA) is 31.4 Å². The molecule has 0 fully saturated rings. The van der Waals surface area contributed by atoms with Crippen LogP contribution in [0.2, 0.25) is 0 Å². The molecular formula is C14H14NO2. The monoisotopic (exact) mass is 228 g/mol. The molecule has 1 radical (unpaired) electrons. The van der Waals surface area contributed by atoms with E-state index in [0.29, 0.717) is 13.2 Å². The number of pyridine rings is 1. The molecule has 2 rings (SSSR count). The largest absolute Gasteiger partial charge is 0.491 e. The van der Waals surface area contributed by atoms with E-state index in [1.165, 1.54) is 0 Å². The van der Waals surface area contributed by atoms with Crippen LogP contribution in [0.1, 0.15) is 0 Å². The summed E-state index contributed by atoms with van der Waals surface area (Å²) in [6.07, 6.45) is 3.40. The second-order valence-corrected chi connectivity index (χ2v) is 3.49. The fourth-order valence-corrected chi connectivity index (χ4v) is 1.53. The van der Waals surface area contributed by atoms with Crippen molar-refractivity contribution < 1.29 is 9.47 Å². The van der Waals surface area contributed by atoms with E-state index in [-0.39, 0.29) is 0 Å². The van der Waals surface area contributed by atoms with Crippen LogP contribution in [0.4, 0.5) is 0 Å². The first kappa shape index (κ1) is 11.6. The highest BCUT2D eigenvalue weighted by atomic mass is 16.5. The predicted octanol–water partition coefficient (Wildman–Crippen LogP) is 2.57. The van der Waals surface area contributed by atoms with E-state index in [1.54, 1.807) is 19.5 Å². The first-order valence-corrected chi connectivity index (χ1v) is 5.44. The number of rotatable bonds is 5. The Labute approximate surface area is 101 Å². The summed E-state index contributed by atoms with van der Waals surface area (Å²) >= 11 is 0. The van der Waals surface area contributed by atoms with Crippen LogP contribution in [-0.2, 0) is 4.74 Å². The summed E-state index contributed by atoms with van der Waals surface area (Å²) in [5, 5.41) is 0. The number of ether oxygens (including phenoxy) is 2. The summed E-state index contributed by atoms with van der Waals surface area (Å²) in [5.41, 5.74) is 2.00. The molecule has 0 amide bonds. The minimum absolute atomic E-state index is 0.540. The van der Waals surface area contributed by atoms with Gasteiger partial charge in [0.2, 0.25) is 0 Å². The van der Waals surface area contributed by atoms with Gasteiger partial charge in [-0.25, -0.2) is 0 Å². The van der Waals surface area contributed by atoms with Crippen LogP contribution >= 0.6 is 0 Å². The van der Waals surface area contributed by atoms with Gasteiger partial charge in [-0.2, -0.15) is 0 Å². The highest BCUT2D eigenvalue weighted by Crippen LogP contribution is 2.28. The molecule has 0 aliphatic rings. The Balaban J connectivity index is 2.22. The highest BCUT2D eigenvalue weighted by molar-refractivity contribution is 5.69. The third-order valence-electron chi connectivity index (χ3n) is 2.34. The van der Waals surface area contributed by atoms with Gasteiger partial charge in [-0.3, -0.25) is 4.98 Å². The normalized spacial score (nSPS) is 10.2. The predicted molar refractivity (Wildman–Crippen MR) is 65.9 cm³/mol. The Morgan fingerprint density at radius 2 is 2.06 bits per heavy atom. The van der Waals surface area contributed by atoms with Gasteiger partial charge in [-0.05, 0) is 17.7 Å². The second-order valence-electron chi connectivity index (χ2n) is 3.49. The van der Waals surface area contributed by atoms with Crippen LogP contribution in [0.25, 0.3) is 11.1 Å². The Kier molecular flexibility index (Phi) is 4.11. The second kappa shape index (κ2) is 6.01. The number of aromatic nitrogens is 1. The first-order chi connectivity index (χ1) is 8.42. The molecule has 1 aromatic heterocycles. The van der Waals surface area contributed by atoms with Crippen molar-refractivity contribution in [1.82, 2.24) is 4.98 Å². The van der Waals surface area contributed by atoms with Crippen molar-refractivity contribution in [3.8, 4) is 16.9 Å². The molecule has 3 heteroatoms. The quantitative estimate of drug-likeness (QED) is 0.737. The van der Waals surface area contributed by atoms with Crippen LogP contribution in [0.3, 0.4) is 0 Å². The smallest absolute Gasteiger partial charge is 0.127 e. The average molecular weight is 228 g/mol. The molecule has 0 aliphatic carbocycles. The Bertz CT molecular complexity index is 457. The summed E-state index contributed by atoms with van der Waals surface area (Å²) < 4.78 is 10.6. The van der Waals surface area contributed by atoms with Gasteiger partial charge in [0.05, 0.1) is 6.61 Å². The lowest BCUT2D eigenvalue weighted by atomic mass is 10.1. The maximum absolute atomic E-state index is 5.67. The van der Waals surface area contributed by atoms with Gasteiger partial charge in [-0.1, -0.05) is 18.2 Å². The molecule has 0 aliphatic heterocycles. The van der Waals surface area contributed by atoms with Gasteiger partial charge in [0, 0.05) is 31.1 Å². The van der Waals surface area contributed by atoms with Gasteiger partial charge >= 0.3 is 0 Å². The van der Waals surface area contributed by atoms with E-state index in [1.807, 2.05) is 30.3 Å². The molecule has 0 saturated carbocycles. The third kappa shape index (κ3) is 3.04. The number of para-hydroxylation sites is 1. The first-order valence-electron chi connectivity index (χ1n) is 5.44. The summed E-state index contributed by atoms with van der Waals surface area (Å²) in [6.45, 7) is 1.12. The molecule has 0 unspecified atom stereocenters. The zero-order chi connectivity index (χ0) is 11.9. The zero-order valence-corrected chi connectivity index (χ0v) is 9.72. The van der Waals surface area contributed by atoms with E-state index in [2.05, 4.69) is 11.1 Å². The number of benzene rings is 1. The summed E-state index contributed by atoms with van der Waals surface area (Å²) in [6, 6.07) is 12.9. The van der Waals surface area contributed by atoms with E-state index in [9.17, 15) is 0 Å². The third-order valence-corrected chi connectivity index (χ3v) is 2.34. The molecule has 0 atom stereocenters. The summed E-state index contributed by atoms with van der Waals surface area (Å²) in [5.74, 6) is 0.840. The molecule has 3 nitrogen and oxygen atoms in total. The minimum Gasteiger partial charge on any atom is -0.491 e. The molecule has 0 bridgehead atoms. The minimum atomic E-state index is 0.540. The van der Waals surface area contributed by atoms with Crippen molar-refractivity contribution in [2.24, 2.45) is 0 Å². The van der Waals surface area contributed by atoms with Gasteiger partial charge in [0.1, 0.15) is 12.4 Å². The highest BCUT2D eigenvalue weighted by Gasteiger charge is 2.05. The van der Waals surface area contributed by atoms with Gasteiger partial charge in [-0.15, -0.1) is 0 Å². The van der Waals surface area contributed by atoms with Crippen LogP contribution in [0.5, 0.6) is 5.75 Å². The van der Waals surface area contributed by atoms with Gasteiger partial charge in [0.15, 0.2) is 0 Å². The fourth-order valence-electron chi connectivity index (χ4n) is 1.53. The number of hydrogen-bond donors (Lipinski definition) is 0. The molecular weight excluding hydrogens is 214 g/mol. The number of methoxy groups -OCH3 is 1. The standard InChI is InChI=1S/C14H14NO2/c1-16-10-11-17-14-5-3-2-4-13(14)12-6-8-15-9-7-12/h2-6,8-9H,10-11H2,1H3. The van der Waals surface area contributed by atoms with Crippen molar-refractivity contribution in [3.05, 3.63) is 48.8 Å². The van der Waals surface area contributed by atoms with E-state index < -0.39 is 0 Å². The van der Waals surface area contributed by atoms with Gasteiger partial charge < -0.3 is 9.47 Å². The maximum Gasteiger partial charge on any atom is 0.127 e. The Morgan fingerprint density at radius 1 is 1.18 bits per heavy atom. The van der Waals surface area contributed by atoms with Crippen molar-refractivity contribution >= 4 is 0 Å². The maximum atomic E-state index is 5.67. The van der Waals surface area contributed by atoms with Crippen LogP contribution in [0.15, 0.2) is 42.7 Å². The summed E-state index contributed by atoms with van der Waals surface area (Å²) in [4.78, 5) is 3.96. The van der Waals surface area contributed by atoms with Crippen molar-refractivity contribution in [2.75, 3.05) is 20.3 Å². The van der Waals surface area contributed by atoms with E-state index in [0.717, 1.165) is 16.9 Å². The summed E-state index contributed by atoms with van der Waals surface area (Å²) in [7, 11) is 1.66. The van der Waals surface area contributed by atoms with Gasteiger partial charge in [0.25, 0.3) is 0 Å². The molecule has 87 valence electrons. The number of nitrogens with zero attached hydrogens (tertiary/aromatic N) is 1. The molecule has 0 saturated heterocycles. The molecule has 1 aromatic carbocycles. The average Bonchev–Trinajstić information content (AvgIpc) is 2.41. The van der Waals surface area contributed by atoms with Crippen molar-refractivity contribution in [1.29, 1.82) is 0 Å². The van der Waals surface area contributed by atoms with Crippen molar-refractivity contribution in [2.45, 2.75) is 0 Å². The Morgan fingerprint density at radius 3 is 2.82 bits per heavy atom. The van der Waals surface area contributed by atoms with Crippen molar-refractivity contribution in [3.63, 3.8) is 0 Å². The molecule has 2 aromatic rings.